The summed E-state index contributed by atoms with van der Waals surface area (Å²) in [6, 6.07) is 0. The molecule has 39 heteroatoms. The van der Waals surface area contributed by atoms with Crippen LogP contribution in [0.3, 0.4) is 0 Å². The SMILES string of the molecule is CCC/C=C\C/C=C\CCCCCCCC(=O)O[C@H](COC(=O)CCCCCCC/C=C\CCCCCCCCC)COP(=O)(O)O[C@@H]1C(O[C@@H]2OC(CO[C@@H]3OC(CO[C@@H]4OC(CO[C@@H]5OC(CO)[C@H](O)C(O)[C@@H]5O)[C@H](O)C(O)[C@@H]4O)[C@H](O)C(O)[C@@H]3O)[C@H](O)C(O)[C@@H]2O)C(O)[C@@H](O)C(O)[C@H]1O[C@H]1OC(CO)[C@@H](O)C(O)[C@H]1O. The van der Waals surface area contributed by atoms with Gasteiger partial charge in [-0.25, -0.2) is 4.57 Å². The van der Waals surface area contributed by atoms with Gasteiger partial charge in [0.15, 0.2) is 37.6 Å². The molecule has 6 rings (SSSR count). The topological polar surface area (TPSA) is 605 Å². The molecule has 0 aromatic heterocycles. The molecular formula is C74H129O38P. The summed E-state index contributed by atoms with van der Waals surface area (Å²) in [5, 5.41) is 217. The van der Waals surface area contributed by atoms with Gasteiger partial charge in [-0.3, -0.25) is 18.6 Å². The summed E-state index contributed by atoms with van der Waals surface area (Å²) >= 11 is 0. The number of phosphoric ester groups is 1. The van der Waals surface area contributed by atoms with Crippen LogP contribution in [0.1, 0.15) is 174 Å². The molecule has 5 saturated heterocycles. The van der Waals surface area contributed by atoms with Gasteiger partial charge < -0.3 is 164 Å². The highest BCUT2D eigenvalue weighted by Crippen LogP contribution is 2.49. The van der Waals surface area contributed by atoms with Gasteiger partial charge in [0.2, 0.25) is 0 Å². The van der Waals surface area contributed by atoms with Crippen LogP contribution < -0.4 is 0 Å². The molecule has 6 aliphatic rings. The van der Waals surface area contributed by atoms with Crippen LogP contribution in [0.15, 0.2) is 36.5 Å². The molecule has 0 aromatic carbocycles. The minimum Gasteiger partial charge on any atom is -0.462 e. The number of phosphoric acid groups is 1. The molecule has 5 heterocycles. The van der Waals surface area contributed by atoms with Crippen LogP contribution >= 0.6 is 7.82 Å². The van der Waals surface area contributed by atoms with E-state index in [0.29, 0.717) is 25.7 Å². The van der Waals surface area contributed by atoms with Crippen molar-refractivity contribution in [2.24, 2.45) is 0 Å². The predicted molar refractivity (Wildman–Crippen MR) is 389 cm³/mol. The summed E-state index contributed by atoms with van der Waals surface area (Å²) in [6.07, 6.45) is -31.9. The monoisotopic (exact) mass is 1660 g/mol. The highest BCUT2D eigenvalue weighted by Gasteiger charge is 2.59. The van der Waals surface area contributed by atoms with Crippen molar-refractivity contribution < 1.29 is 187 Å². The van der Waals surface area contributed by atoms with Crippen LogP contribution in [0, 0.1) is 0 Å². The van der Waals surface area contributed by atoms with E-state index in [1.165, 1.54) is 44.9 Å². The maximum absolute atomic E-state index is 14.5. The van der Waals surface area contributed by atoms with E-state index < -0.39 is 262 Å². The molecule has 0 aromatic rings. The lowest BCUT2D eigenvalue weighted by Crippen LogP contribution is -2.69. The van der Waals surface area contributed by atoms with Gasteiger partial charge in [0.1, 0.15) is 165 Å². The van der Waals surface area contributed by atoms with Crippen molar-refractivity contribution in [2.45, 2.75) is 371 Å². The second-order valence-corrected chi connectivity index (χ2v) is 31.1. The first kappa shape index (κ1) is 98.9. The van der Waals surface area contributed by atoms with Gasteiger partial charge in [-0.2, -0.15) is 0 Å². The number of rotatable bonds is 51. The summed E-state index contributed by atoms with van der Waals surface area (Å²) in [6.45, 7) is -2.01. The number of hydrogen-bond acceptors (Lipinski definition) is 37. The Labute approximate surface area is 657 Å². The first-order chi connectivity index (χ1) is 54.0. The van der Waals surface area contributed by atoms with Gasteiger partial charge in [-0.15, -0.1) is 0 Å². The molecule has 0 bridgehead atoms. The molecule has 6 fully saturated rings. The highest BCUT2D eigenvalue weighted by atomic mass is 31.2. The van der Waals surface area contributed by atoms with Crippen molar-refractivity contribution in [2.75, 3.05) is 46.2 Å². The quantitative estimate of drug-likeness (QED) is 0.0128. The fourth-order valence-electron chi connectivity index (χ4n) is 13.6. The van der Waals surface area contributed by atoms with Crippen LogP contribution in [0.4, 0.5) is 0 Å². The summed E-state index contributed by atoms with van der Waals surface area (Å²) in [5.41, 5.74) is 0. The Bertz CT molecular complexity index is 2760. The summed E-state index contributed by atoms with van der Waals surface area (Å²) in [7, 11) is -5.87. The van der Waals surface area contributed by atoms with Gasteiger partial charge in [0, 0.05) is 12.8 Å². The standard InChI is InChI=1S/C74H129O38P/c1-3-5-7-9-11-13-15-17-18-19-21-22-24-26-28-30-32-47(77)99-36-41(104-48(78)33-31-29-27-25-23-20-16-14-12-10-8-6-4-2)37-103-113(97,98)112-69-67(110-73-65(95)55(85)50(80)43(35-76)106-73)60(90)59(89)61(91)68(69)111-74-66(96)58(88)53(83)46(109-74)40-102-72-64(94)57(87)52(82)45(108-72)39-101-71-63(93)56(86)51(81)44(107-71)38-100-70-62(92)54(84)49(79)42(34-75)105-70/h8,10,14,16,18-19,41-46,49-76,79-96H,3-7,9,11-13,15,17,20-40H2,1-2H3,(H,97,98)/b10-8-,16-14-,19-18-/t41-,42?,43?,44?,45?,46?,49+,50-,51+,52+,53+,54?,55?,56?,57?,58?,59+,60?,61?,62+,63+,64+,65-,66+,67-,68?,69+,70-,71-,72-,73-,74+/m1/s1. The number of esters is 2. The number of aliphatic hydroxyl groups is 20. The van der Waals surface area contributed by atoms with Gasteiger partial charge in [-0.1, -0.05) is 134 Å². The number of aliphatic hydroxyl groups excluding tert-OH is 20. The third kappa shape index (κ3) is 30.9. The van der Waals surface area contributed by atoms with Crippen LogP contribution in [-0.4, -0.2) is 361 Å². The summed E-state index contributed by atoms with van der Waals surface area (Å²) < 4.78 is 92.8. The first-order valence-electron chi connectivity index (χ1n) is 39.9. The van der Waals surface area contributed by atoms with E-state index >= 15 is 0 Å². The Morgan fingerprint density at radius 3 is 1.09 bits per heavy atom. The van der Waals surface area contributed by atoms with E-state index in [-0.39, 0.29) is 12.8 Å². The van der Waals surface area contributed by atoms with Crippen molar-refractivity contribution in [1.29, 1.82) is 0 Å². The third-order valence-electron chi connectivity index (χ3n) is 20.7. The van der Waals surface area contributed by atoms with E-state index in [9.17, 15) is 121 Å². The zero-order valence-corrected chi connectivity index (χ0v) is 65.2. The Morgan fingerprint density at radius 2 is 0.681 bits per heavy atom. The second-order valence-electron chi connectivity index (χ2n) is 29.7. The van der Waals surface area contributed by atoms with Gasteiger partial charge in [0.25, 0.3) is 0 Å². The number of allylic oxidation sites excluding steroid dienone is 6. The lowest BCUT2D eigenvalue weighted by Gasteiger charge is -2.49. The predicted octanol–water partition coefficient (Wildman–Crippen LogP) is -2.66. The smallest absolute Gasteiger partial charge is 0.462 e. The van der Waals surface area contributed by atoms with Gasteiger partial charge in [0.05, 0.1) is 39.6 Å². The van der Waals surface area contributed by atoms with Crippen LogP contribution in [0.25, 0.3) is 0 Å². The minimum atomic E-state index is -5.87. The molecule has 33 atom stereocenters. The highest BCUT2D eigenvalue weighted by molar-refractivity contribution is 7.47. The molecule has 0 radical (unpaired) electrons. The van der Waals surface area contributed by atoms with Crippen molar-refractivity contribution in [3.63, 3.8) is 0 Å². The normalized spacial score (nSPS) is 38.1. The number of hydrogen-bond donors (Lipinski definition) is 21. The lowest BCUT2D eigenvalue weighted by atomic mass is 9.84. The average Bonchev–Trinajstić information content (AvgIpc) is 0.769. The van der Waals surface area contributed by atoms with Crippen LogP contribution in [-0.2, 0) is 80.0 Å². The fourth-order valence-corrected chi connectivity index (χ4v) is 14.6. The molecular weight excluding hydrogens is 1530 g/mol. The molecule has 14 unspecified atom stereocenters. The van der Waals surface area contributed by atoms with E-state index in [1.807, 2.05) is 0 Å². The van der Waals surface area contributed by atoms with E-state index in [2.05, 4.69) is 50.3 Å². The summed E-state index contributed by atoms with van der Waals surface area (Å²) in [5.74, 6) is -1.51. The van der Waals surface area contributed by atoms with Crippen molar-refractivity contribution in [3.8, 4) is 0 Å². The Morgan fingerprint density at radius 1 is 0.354 bits per heavy atom. The molecule has 0 spiro atoms. The molecule has 5 aliphatic heterocycles. The maximum atomic E-state index is 14.5. The van der Waals surface area contributed by atoms with Gasteiger partial charge in [-0.05, 0) is 64.2 Å². The van der Waals surface area contributed by atoms with E-state index in [0.717, 1.165) is 77.0 Å². The number of carbonyl (C=O) groups excluding carboxylic acids is 2. The minimum absolute atomic E-state index is 0.0355. The van der Waals surface area contributed by atoms with E-state index in [4.69, 9.17) is 65.9 Å². The van der Waals surface area contributed by atoms with Gasteiger partial charge >= 0.3 is 19.8 Å². The molecule has 1 saturated carbocycles. The van der Waals surface area contributed by atoms with Crippen LogP contribution in [0.5, 0.6) is 0 Å². The average molecular weight is 1660 g/mol. The number of unbranched alkanes of at least 4 members (excludes halogenated alkanes) is 18. The fraction of sp³-hybridized carbons (Fsp3) is 0.892. The van der Waals surface area contributed by atoms with Crippen molar-refractivity contribution >= 4 is 19.8 Å². The molecule has 38 nitrogen and oxygen atoms in total. The molecule has 658 valence electrons. The Balaban J connectivity index is 1.13. The molecule has 21 N–H and O–H groups in total. The molecule has 0 amide bonds. The maximum Gasteiger partial charge on any atom is 0.472 e. The zero-order valence-electron chi connectivity index (χ0n) is 64.3. The largest absolute Gasteiger partial charge is 0.472 e. The van der Waals surface area contributed by atoms with E-state index in [1.54, 1.807) is 0 Å². The van der Waals surface area contributed by atoms with Crippen LogP contribution in [0.2, 0.25) is 0 Å². The number of carbonyl (C=O) groups is 2. The second kappa shape index (κ2) is 51.6. The number of ether oxygens (including phenoxy) is 12. The molecule has 1 aliphatic carbocycles. The Kier molecular flexibility index (Phi) is 45.2. The van der Waals surface area contributed by atoms with Crippen molar-refractivity contribution in [3.05, 3.63) is 36.5 Å². The summed E-state index contributed by atoms with van der Waals surface area (Å²) in [4.78, 5) is 38.3. The third-order valence-corrected chi connectivity index (χ3v) is 21.7. The molecule has 113 heavy (non-hydrogen) atoms. The first-order valence-corrected chi connectivity index (χ1v) is 41.4. The lowest BCUT2D eigenvalue weighted by molar-refractivity contribution is -0.365. The Hall–Kier alpha value is -2.93. The van der Waals surface area contributed by atoms with Crippen molar-refractivity contribution in [1.82, 2.24) is 0 Å². The zero-order chi connectivity index (χ0) is 82.9.